The number of piperidine rings is 1. The molecule has 7 rings (SSSR count). The summed E-state index contributed by atoms with van der Waals surface area (Å²) in [7, 11) is 3.64. The third-order valence-electron chi connectivity index (χ3n) is 9.29. The molecular weight excluding hydrogens is 708 g/mol. The Hall–Kier alpha value is -5.34. The number of aryl methyl sites for hydroxylation is 1. The van der Waals surface area contributed by atoms with Crippen LogP contribution in [0.5, 0.6) is 5.75 Å². The van der Waals surface area contributed by atoms with E-state index in [4.69, 9.17) is 9.47 Å². The number of hydrogen-bond acceptors (Lipinski definition) is 9. The number of anilines is 1. The number of rotatable bonds is 12. The van der Waals surface area contributed by atoms with Crippen LogP contribution < -0.4 is 15.0 Å². The Balaban J connectivity index is 0.900. The molecule has 2 aliphatic heterocycles. The van der Waals surface area contributed by atoms with Crippen molar-refractivity contribution >= 4 is 45.1 Å². The number of nitrogens with zero attached hydrogens (tertiary/aromatic N) is 4. The molecule has 2 aromatic heterocycles. The maximum atomic E-state index is 14.2. The largest absolute Gasteiger partial charge is 0.491 e. The molecule has 10 nitrogen and oxygen atoms in total. The number of hydrogen-bond donors (Lipinski definition) is 1. The number of carbonyl (C=O) groups is 3. The number of imide groups is 1. The van der Waals surface area contributed by atoms with Crippen molar-refractivity contribution in [3.8, 4) is 27.4 Å². The lowest BCUT2D eigenvalue weighted by atomic mass is 9.98. The maximum Gasteiger partial charge on any atom is 0.417 e. The molecule has 0 bridgehead atoms. The number of amides is 3. The molecule has 14 heteroatoms. The Morgan fingerprint density at radius 1 is 0.943 bits per heavy atom. The summed E-state index contributed by atoms with van der Waals surface area (Å²) in [6, 6.07) is 18.1. The van der Waals surface area contributed by atoms with Crippen LogP contribution >= 0.6 is 11.3 Å². The zero-order valence-electron chi connectivity index (χ0n) is 29.0. The van der Waals surface area contributed by atoms with Crippen LogP contribution in [-0.2, 0) is 33.5 Å². The highest BCUT2D eigenvalue weighted by Crippen LogP contribution is 2.41. The quantitative estimate of drug-likeness (QED) is 0.109. The van der Waals surface area contributed by atoms with E-state index in [1.54, 1.807) is 41.3 Å². The Labute approximate surface area is 307 Å². The van der Waals surface area contributed by atoms with Gasteiger partial charge in [0.15, 0.2) is 0 Å². The minimum absolute atomic E-state index is 0.0669. The van der Waals surface area contributed by atoms with Gasteiger partial charge < -0.3 is 19.3 Å². The third kappa shape index (κ3) is 7.88. The molecule has 0 spiro atoms. The van der Waals surface area contributed by atoms with Crippen LogP contribution in [0.15, 0.2) is 72.9 Å². The highest BCUT2D eigenvalue weighted by molar-refractivity contribution is 7.21. The van der Waals surface area contributed by atoms with Crippen LogP contribution in [0.3, 0.4) is 0 Å². The molecule has 1 saturated heterocycles. The number of ether oxygens (including phenoxy) is 2. The summed E-state index contributed by atoms with van der Waals surface area (Å²) in [4.78, 5) is 48.9. The van der Waals surface area contributed by atoms with E-state index in [9.17, 15) is 27.6 Å². The average Bonchev–Trinajstić information content (AvgIpc) is 3.71. The monoisotopic (exact) mass is 743 g/mol. The molecule has 5 aromatic rings. The lowest BCUT2D eigenvalue weighted by Crippen LogP contribution is -2.52. The molecule has 2 aliphatic rings. The van der Waals surface area contributed by atoms with Crippen molar-refractivity contribution in [2.45, 2.75) is 44.4 Å². The molecule has 1 unspecified atom stereocenters. The lowest BCUT2D eigenvalue weighted by molar-refractivity contribution is -0.138. The van der Waals surface area contributed by atoms with Gasteiger partial charge >= 0.3 is 6.18 Å². The van der Waals surface area contributed by atoms with Gasteiger partial charge in [0, 0.05) is 56.6 Å². The fourth-order valence-electron chi connectivity index (χ4n) is 6.56. The summed E-state index contributed by atoms with van der Waals surface area (Å²) in [6.45, 7) is 1.47. The second-order valence-corrected chi connectivity index (χ2v) is 14.2. The first-order chi connectivity index (χ1) is 25.4. The predicted molar refractivity (Wildman–Crippen MR) is 195 cm³/mol. The molecule has 1 fully saturated rings. The van der Waals surface area contributed by atoms with E-state index in [1.807, 2.05) is 32.3 Å². The molecule has 274 valence electrons. The summed E-state index contributed by atoms with van der Waals surface area (Å²) >= 11 is 1.36. The Morgan fingerprint density at radius 2 is 1.75 bits per heavy atom. The highest BCUT2D eigenvalue weighted by Gasteiger charge is 2.39. The van der Waals surface area contributed by atoms with Gasteiger partial charge in [-0.15, -0.1) is 11.3 Å². The second-order valence-electron chi connectivity index (χ2n) is 13.2. The number of aromatic nitrogens is 2. The molecule has 4 heterocycles. The van der Waals surface area contributed by atoms with Crippen molar-refractivity contribution in [2.24, 2.45) is 0 Å². The van der Waals surface area contributed by atoms with Gasteiger partial charge in [-0.05, 0) is 84.5 Å². The Bertz CT molecular complexity index is 2190. The zero-order chi connectivity index (χ0) is 37.3. The first-order valence-electron chi connectivity index (χ1n) is 17.2. The van der Waals surface area contributed by atoms with Crippen LogP contribution in [0.25, 0.3) is 31.9 Å². The molecule has 0 aliphatic carbocycles. The van der Waals surface area contributed by atoms with Crippen LogP contribution in [0.4, 0.5) is 19.0 Å². The van der Waals surface area contributed by atoms with Crippen molar-refractivity contribution in [3.63, 3.8) is 0 Å². The van der Waals surface area contributed by atoms with Crippen LogP contribution in [-0.4, -0.2) is 72.5 Å². The van der Waals surface area contributed by atoms with Gasteiger partial charge in [0.05, 0.1) is 22.4 Å². The number of carbonyl (C=O) groups excluding carboxylic acids is 3. The number of halogens is 3. The van der Waals surface area contributed by atoms with E-state index in [0.717, 1.165) is 40.3 Å². The molecule has 1 N–H and O–H groups in total. The standard InChI is InChI=1S/C39H36F3N5O5S/c1-46(2)34-13-7-25(21-43-34)28-9-6-24(20-30(28)39(40,41)42)37-44-31-11-5-23(18-33(31)53-37)4-3-15-51-16-17-52-27-8-10-29-26(19-27)22-47(38(29)50)32-12-14-35(48)45-36(32)49/h5-11,13,18-21,32H,3-4,12,14-17,22H2,1-2H3,(H,45,48,49). The van der Waals surface area contributed by atoms with Crippen molar-refractivity contribution in [3.05, 3.63) is 95.2 Å². The third-order valence-corrected chi connectivity index (χ3v) is 10.4. The van der Waals surface area contributed by atoms with Gasteiger partial charge in [-0.3, -0.25) is 19.7 Å². The van der Waals surface area contributed by atoms with Gasteiger partial charge in [-0.1, -0.05) is 18.2 Å². The molecular formula is C39H36F3N5O5S. The number of nitrogens with one attached hydrogen (secondary N) is 1. The summed E-state index contributed by atoms with van der Waals surface area (Å²) in [6.07, 6.45) is -1.08. The minimum Gasteiger partial charge on any atom is -0.491 e. The normalized spacial score (nSPS) is 15.9. The van der Waals surface area contributed by atoms with Crippen LogP contribution in [0, 0.1) is 0 Å². The van der Waals surface area contributed by atoms with Crippen molar-refractivity contribution in [1.82, 2.24) is 20.2 Å². The number of alkyl halides is 3. The molecule has 0 saturated carbocycles. The zero-order valence-corrected chi connectivity index (χ0v) is 29.9. The van der Waals surface area contributed by atoms with Crippen molar-refractivity contribution in [1.29, 1.82) is 0 Å². The summed E-state index contributed by atoms with van der Waals surface area (Å²) in [5.41, 5.74) is 3.22. The maximum absolute atomic E-state index is 14.2. The fourth-order valence-corrected chi connectivity index (χ4v) is 7.59. The Morgan fingerprint density at radius 3 is 2.51 bits per heavy atom. The molecule has 3 aromatic carbocycles. The molecule has 3 amide bonds. The van der Waals surface area contributed by atoms with Gasteiger partial charge in [0.1, 0.15) is 29.2 Å². The average molecular weight is 744 g/mol. The summed E-state index contributed by atoms with van der Waals surface area (Å²) in [5, 5.41) is 2.82. The van der Waals surface area contributed by atoms with E-state index >= 15 is 0 Å². The van der Waals surface area contributed by atoms with E-state index in [-0.39, 0.29) is 30.3 Å². The molecule has 0 radical (unpaired) electrons. The SMILES string of the molecule is CN(C)c1ccc(-c2ccc(-c3nc4ccc(CCCOCCOc5ccc6c(c5)CN(C5CCC(=O)NC5=O)C6=O)cc4s3)cc2C(F)(F)F)cn1. The van der Waals surface area contributed by atoms with E-state index < -0.39 is 23.7 Å². The first-order valence-corrected chi connectivity index (χ1v) is 18.0. The first kappa shape index (κ1) is 36.0. The highest BCUT2D eigenvalue weighted by atomic mass is 32.1. The van der Waals surface area contributed by atoms with Crippen LogP contribution in [0.1, 0.15) is 46.3 Å². The molecule has 53 heavy (non-hydrogen) atoms. The smallest absolute Gasteiger partial charge is 0.417 e. The fraction of sp³-hybridized carbons (Fsp3) is 0.308. The van der Waals surface area contributed by atoms with E-state index in [0.29, 0.717) is 59.5 Å². The van der Waals surface area contributed by atoms with Crippen molar-refractivity contribution < 1.29 is 37.0 Å². The number of pyridine rings is 1. The van der Waals surface area contributed by atoms with E-state index in [2.05, 4.69) is 15.3 Å². The van der Waals surface area contributed by atoms with Gasteiger partial charge in [0.25, 0.3) is 5.91 Å². The van der Waals surface area contributed by atoms with Crippen LogP contribution in [0.2, 0.25) is 0 Å². The minimum atomic E-state index is -4.56. The van der Waals surface area contributed by atoms with E-state index in [1.165, 1.54) is 28.5 Å². The second kappa shape index (κ2) is 15.0. The lowest BCUT2D eigenvalue weighted by Gasteiger charge is -2.29. The molecule has 1 atom stereocenters. The summed E-state index contributed by atoms with van der Waals surface area (Å²) in [5.74, 6) is 0.252. The predicted octanol–water partition coefficient (Wildman–Crippen LogP) is 6.90. The Kier molecular flexibility index (Phi) is 10.2. The summed E-state index contributed by atoms with van der Waals surface area (Å²) < 4.78 is 55.2. The number of fused-ring (bicyclic) bond motifs is 2. The van der Waals surface area contributed by atoms with Crippen molar-refractivity contribution in [2.75, 3.05) is 38.8 Å². The van der Waals surface area contributed by atoms with Gasteiger partial charge in [-0.2, -0.15) is 13.2 Å². The van der Waals surface area contributed by atoms with Gasteiger partial charge in [-0.25, -0.2) is 9.97 Å². The number of thiazole rings is 1. The topological polar surface area (TPSA) is 114 Å². The van der Waals surface area contributed by atoms with Gasteiger partial charge in [0.2, 0.25) is 11.8 Å². The number of benzene rings is 3.